The zero-order chi connectivity index (χ0) is 15.5. The van der Waals surface area contributed by atoms with Crippen LogP contribution in [-0.2, 0) is 19.1 Å². The van der Waals surface area contributed by atoms with Crippen molar-refractivity contribution in [3.8, 4) is 0 Å². The molecule has 0 saturated heterocycles. The number of ether oxygens (including phenoxy) is 2. The molecule has 2 amide bonds. The first-order valence-electron chi connectivity index (χ1n) is 6.39. The van der Waals surface area contributed by atoms with Crippen molar-refractivity contribution in [2.45, 2.75) is 26.3 Å². The molecule has 0 aromatic carbocycles. The van der Waals surface area contributed by atoms with E-state index in [1.807, 2.05) is 6.92 Å². The van der Waals surface area contributed by atoms with Crippen LogP contribution in [0.5, 0.6) is 0 Å². The van der Waals surface area contributed by atoms with Crippen LogP contribution < -0.4 is 5.32 Å². The lowest BCUT2D eigenvalue weighted by atomic mass is 10.2. The van der Waals surface area contributed by atoms with Gasteiger partial charge in [0.1, 0.15) is 6.04 Å². The van der Waals surface area contributed by atoms with Crippen LogP contribution in [0, 0.1) is 0 Å². The Morgan fingerprint density at radius 3 is 2.40 bits per heavy atom. The van der Waals surface area contributed by atoms with E-state index in [-0.39, 0.29) is 0 Å². The number of carbonyl (C=O) groups excluding carboxylic acids is 2. The van der Waals surface area contributed by atoms with Gasteiger partial charge in [0.2, 0.25) is 0 Å². The molecular weight excluding hydrogens is 268 g/mol. The van der Waals surface area contributed by atoms with Gasteiger partial charge < -0.3 is 24.8 Å². The second kappa shape index (κ2) is 10.0. The Morgan fingerprint density at radius 2 is 1.95 bits per heavy atom. The maximum absolute atomic E-state index is 11.9. The van der Waals surface area contributed by atoms with Crippen LogP contribution in [0.3, 0.4) is 0 Å². The number of rotatable bonds is 9. The fourth-order valence-corrected chi connectivity index (χ4v) is 1.41. The predicted octanol–water partition coefficient (Wildman–Crippen LogP) is 0.0707. The van der Waals surface area contributed by atoms with Crippen molar-refractivity contribution in [3.63, 3.8) is 0 Å². The standard InChI is InChI=1S/C12H22N2O6/c1-4-14(6-7-20-5-2)12(18)13-9(11(16)17)8-10(15)19-3/h9H,4-8H2,1-3H3,(H,13,18)(H,16,17)/t9-/m0/s1. The van der Waals surface area contributed by atoms with Gasteiger partial charge in [0, 0.05) is 19.7 Å². The molecule has 0 rings (SSSR count). The third kappa shape index (κ3) is 6.93. The molecule has 8 nitrogen and oxygen atoms in total. The van der Waals surface area contributed by atoms with Crippen LogP contribution in [0.15, 0.2) is 0 Å². The van der Waals surface area contributed by atoms with Crippen LogP contribution in [0.2, 0.25) is 0 Å². The topological polar surface area (TPSA) is 105 Å². The lowest BCUT2D eigenvalue weighted by molar-refractivity contribution is -0.147. The number of amides is 2. The number of methoxy groups -OCH3 is 1. The first-order valence-corrected chi connectivity index (χ1v) is 6.39. The van der Waals surface area contributed by atoms with Crippen LogP contribution >= 0.6 is 0 Å². The minimum Gasteiger partial charge on any atom is -0.480 e. The van der Waals surface area contributed by atoms with Crippen molar-refractivity contribution in [1.82, 2.24) is 10.2 Å². The number of urea groups is 1. The number of carboxylic acid groups (broad SMARTS) is 1. The summed E-state index contributed by atoms with van der Waals surface area (Å²) in [6.45, 7) is 5.27. The number of aliphatic carboxylic acids is 1. The lowest BCUT2D eigenvalue weighted by Gasteiger charge is -2.23. The molecular formula is C12H22N2O6. The smallest absolute Gasteiger partial charge is 0.326 e. The van der Waals surface area contributed by atoms with E-state index < -0.39 is 30.4 Å². The van der Waals surface area contributed by atoms with Crippen molar-refractivity contribution in [2.75, 3.05) is 33.4 Å². The molecule has 0 aromatic heterocycles. The van der Waals surface area contributed by atoms with Crippen molar-refractivity contribution in [2.24, 2.45) is 0 Å². The Kier molecular flexibility index (Phi) is 9.10. The van der Waals surface area contributed by atoms with Gasteiger partial charge in [-0.05, 0) is 13.8 Å². The van der Waals surface area contributed by atoms with Gasteiger partial charge in [-0.3, -0.25) is 4.79 Å². The molecule has 0 unspecified atom stereocenters. The first kappa shape index (κ1) is 18.2. The molecule has 8 heteroatoms. The molecule has 0 aliphatic carbocycles. The first-order chi connectivity index (χ1) is 9.46. The summed E-state index contributed by atoms with van der Waals surface area (Å²) in [4.78, 5) is 35.4. The van der Waals surface area contributed by atoms with E-state index in [1.54, 1.807) is 6.92 Å². The second-order valence-corrected chi connectivity index (χ2v) is 3.90. The number of hydrogen-bond donors (Lipinski definition) is 2. The number of carbonyl (C=O) groups is 3. The monoisotopic (exact) mass is 290 g/mol. The summed E-state index contributed by atoms with van der Waals surface area (Å²) >= 11 is 0. The minimum atomic E-state index is -1.31. The highest BCUT2D eigenvalue weighted by Gasteiger charge is 2.25. The molecule has 0 heterocycles. The van der Waals surface area contributed by atoms with Gasteiger partial charge in [0.25, 0.3) is 0 Å². The third-order valence-corrected chi connectivity index (χ3v) is 2.57. The Hall–Kier alpha value is -1.83. The molecule has 116 valence electrons. The van der Waals surface area contributed by atoms with Gasteiger partial charge in [0.15, 0.2) is 0 Å². The van der Waals surface area contributed by atoms with E-state index >= 15 is 0 Å². The van der Waals surface area contributed by atoms with Crippen molar-refractivity contribution >= 4 is 18.0 Å². The van der Waals surface area contributed by atoms with Gasteiger partial charge >= 0.3 is 18.0 Å². The van der Waals surface area contributed by atoms with Gasteiger partial charge in [0.05, 0.1) is 20.1 Å². The van der Waals surface area contributed by atoms with Gasteiger partial charge in [-0.15, -0.1) is 0 Å². The fraction of sp³-hybridized carbons (Fsp3) is 0.750. The summed E-state index contributed by atoms with van der Waals surface area (Å²) < 4.78 is 9.53. The number of nitrogens with zero attached hydrogens (tertiary/aromatic N) is 1. The van der Waals surface area contributed by atoms with E-state index in [4.69, 9.17) is 9.84 Å². The Labute approximate surface area is 118 Å². The molecule has 0 radical (unpaired) electrons. The predicted molar refractivity (Wildman–Crippen MR) is 70.3 cm³/mol. The SMILES string of the molecule is CCOCCN(CC)C(=O)N[C@@H](CC(=O)OC)C(=O)O. The largest absolute Gasteiger partial charge is 0.480 e. The molecule has 0 bridgehead atoms. The van der Waals surface area contributed by atoms with Crippen LogP contribution in [0.1, 0.15) is 20.3 Å². The molecule has 1 atom stereocenters. The molecule has 2 N–H and O–H groups in total. The van der Waals surface area contributed by atoms with Gasteiger partial charge in [-0.25, -0.2) is 9.59 Å². The highest BCUT2D eigenvalue weighted by atomic mass is 16.5. The van der Waals surface area contributed by atoms with Gasteiger partial charge in [-0.2, -0.15) is 0 Å². The van der Waals surface area contributed by atoms with Crippen LogP contribution in [-0.4, -0.2) is 67.4 Å². The molecule has 0 aromatic rings. The highest BCUT2D eigenvalue weighted by molar-refractivity contribution is 5.86. The molecule has 20 heavy (non-hydrogen) atoms. The minimum absolute atomic E-state index is 0.348. The molecule has 0 fully saturated rings. The number of hydrogen-bond acceptors (Lipinski definition) is 5. The zero-order valence-electron chi connectivity index (χ0n) is 12.0. The second-order valence-electron chi connectivity index (χ2n) is 3.90. The highest BCUT2D eigenvalue weighted by Crippen LogP contribution is 1.98. The third-order valence-electron chi connectivity index (χ3n) is 2.57. The average molecular weight is 290 g/mol. The maximum Gasteiger partial charge on any atom is 0.326 e. The Balaban J connectivity index is 4.47. The fourth-order valence-electron chi connectivity index (χ4n) is 1.41. The molecule has 0 spiro atoms. The van der Waals surface area contributed by atoms with E-state index in [2.05, 4.69) is 10.1 Å². The van der Waals surface area contributed by atoms with E-state index in [9.17, 15) is 14.4 Å². The summed E-state index contributed by atoms with van der Waals surface area (Å²) in [5.41, 5.74) is 0. The van der Waals surface area contributed by atoms with E-state index in [0.29, 0.717) is 26.3 Å². The number of likely N-dealkylation sites (N-methyl/N-ethyl adjacent to an activating group) is 1. The van der Waals surface area contributed by atoms with Crippen LogP contribution in [0.4, 0.5) is 4.79 Å². The van der Waals surface area contributed by atoms with E-state index in [0.717, 1.165) is 7.11 Å². The lowest BCUT2D eigenvalue weighted by Crippen LogP contribution is -2.49. The summed E-state index contributed by atoms with van der Waals surface area (Å²) in [5, 5.41) is 11.3. The number of esters is 1. The summed E-state index contributed by atoms with van der Waals surface area (Å²) in [5.74, 6) is -1.99. The van der Waals surface area contributed by atoms with Crippen molar-refractivity contribution in [1.29, 1.82) is 0 Å². The average Bonchev–Trinajstić information content (AvgIpc) is 2.42. The normalized spacial score (nSPS) is 11.6. The van der Waals surface area contributed by atoms with Crippen molar-refractivity contribution < 1.29 is 29.0 Å². The van der Waals surface area contributed by atoms with Crippen LogP contribution in [0.25, 0.3) is 0 Å². The Bertz CT molecular complexity index is 334. The summed E-state index contributed by atoms with van der Waals surface area (Å²) in [7, 11) is 1.16. The molecule has 0 aliphatic rings. The summed E-state index contributed by atoms with van der Waals surface area (Å²) in [6.07, 6.45) is -0.416. The maximum atomic E-state index is 11.9. The number of carboxylic acids is 1. The van der Waals surface area contributed by atoms with Gasteiger partial charge in [-0.1, -0.05) is 0 Å². The quantitative estimate of drug-likeness (QED) is 0.460. The summed E-state index contributed by atoms with van der Waals surface area (Å²) in [6, 6.07) is -1.86. The van der Waals surface area contributed by atoms with E-state index in [1.165, 1.54) is 4.90 Å². The van der Waals surface area contributed by atoms with Crippen molar-refractivity contribution in [3.05, 3.63) is 0 Å². The Morgan fingerprint density at radius 1 is 1.30 bits per heavy atom. The molecule has 0 saturated carbocycles. The number of nitrogens with one attached hydrogen (secondary N) is 1. The zero-order valence-corrected chi connectivity index (χ0v) is 12.0. The molecule has 0 aliphatic heterocycles.